The highest BCUT2D eigenvalue weighted by Gasteiger charge is 2.29. The number of carboxylic acids is 1. The van der Waals surface area contributed by atoms with Crippen molar-refractivity contribution in [2.75, 3.05) is 20.7 Å². The van der Waals surface area contributed by atoms with Crippen molar-refractivity contribution < 1.29 is 19.4 Å². The molecule has 5 heteroatoms. The molecule has 0 unspecified atom stereocenters. The van der Waals surface area contributed by atoms with Crippen molar-refractivity contribution in [3.05, 3.63) is 0 Å². The molecule has 3 atom stereocenters. The molecule has 1 rings (SSSR count). The summed E-state index contributed by atoms with van der Waals surface area (Å²) in [5.74, 6) is -0.754. The van der Waals surface area contributed by atoms with Gasteiger partial charge >= 0.3 is 5.97 Å². The van der Waals surface area contributed by atoms with E-state index in [4.69, 9.17) is 14.6 Å². The first-order chi connectivity index (χ1) is 7.52. The lowest BCUT2D eigenvalue weighted by Gasteiger charge is -2.37. The second-order valence-corrected chi connectivity index (χ2v) is 4.36. The number of methoxy groups -OCH3 is 1. The maximum atomic E-state index is 10.5. The standard InChI is InChI=1S/C11H21NO4/c1-8-6-9(7-11(15-3)16-8)12(2)5-4-10(13)14/h8-9,11H,4-7H2,1-3H3,(H,13,14)/t8-,9+,11-/m1/s1. The van der Waals surface area contributed by atoms with Gasteiger partial charge in [0, 0.05) is 26.1 Å². The fourth-order valence-electron chi connectivity index (χ4n) is 2.04. The molecule has 0 spiro atoms. The van der Waals surface area contributed by atoms with Crippen LogP contribution in [0, 0.1) is 0 Å². The summed E-state index contributed by atoms with van der Waals surface area (Å²) >= 11 is 0. The van der Waals surface area contributed by atoms with E-state index in [0.717, 1.165) is 12.8 Å². The van der Waals surface area contributed by atoms with Gasteiger partial charge in [-0.1, -0.05) is 0 Å². The molecule has 1 heterocycles. The minimum Gasteiger partial charge on any atom is -0.481 e. The first-order valence-electron chi connectivity index (χ1n) is 5.63. The van der Waals surface area contributed by atoms with Gasteiger partial charge in [0.2, 0.25) is 0 Å². The van der Waals surface area contributed by atoms with Gasteiger partial charge in [-0.05, 0) is 20.4 Å². The van der Waals surface area contributed by atoms with Crippen LogP contribution in [-0.4, -0.2) is 55.1 Å². The third kappa shape index (κ3) is 4.08. The number of hydrogen-bond acceptors (Lipinski definition) is 4. The molecule has 0 bridgehead atoms. The first kappa shape index (κ1) is 13.4. The molecule has 1 saturated heterocycles. The zero-order valence-electron chi connectivity index (χ0n) is 10.2. The molecular formula is C11H21NO4. The van der Waals surface area contributed by atoms with Gasteiger partial charge in [0.1, 0.15) is 0 Å². The summed E-state index contributed by atoms with van der Waals surface area (Å²) in [7, 11) is 3.59. The Kier molecular flexibility index (Phi) is 5.18. The minimum atomic E-state index is -0.754. The van der Waals surface area contributed by atoms with Crippen LogP contribution in [0.2, 0.25) is 0 Å². The fraction of sp³-hybridized carbons (Fsp3) is 0.909. The molecule has 0 aromatic rings. The molecule has 0 radical (unpaired) electrons. The molecule has 0 amide bonds. The van der Waals surface area contributed by atoms with Gasteiger partial charge in [-0.15, -0.1) is 0 Å². The smallest absolute Gasteiger partial charge is 0.304 e. The van der Waals surface area contributed by atoms with E-state index in [1.54, 1.807) is 7.11 Å². The van der Waals surface area contributed by atoms with Gasteiger partial charge in [-0.3, -0.25) is 4.79 Å². The van der Waals surface area contributed by atoms with Gasteiger partial charge in [0.25, 0.3) is 0 Å². The first-order valence-corrected chi connectivity index (χ1v) is 5.63. The monoisotopic (exact) mass is 231 g/mol. The Morgan fingerprint density at radius 2 is 2.25 bits per heavy atom. The lowest BCUT2D eigenvalue weighted by Crippen LogP contribution is -2.44. The van der Waals surface area contributed by atoms with E-state index in [0.29, 0.717) is 12.6 Å². The maximum absolute atomic E-state index is 10.5. The molecule has 1 N–H and O–H groups in total. The normalized spacial score (nSPS) is 30.6. The molecule has 1 aliphatic heterocycles. The highest BCUT2D eigenvalue weighted by Crippen LogP contribution is 2.23. The predicted molar refractivity (Wildman–Crippen MR) is 59.2 cm³/mol. The van der Waals surface area contributed by atoms with Crippen molar-refractivity contribution in [1.82, 2.24) is 4.90 Å². The van der Waals surface area contributed by atoms with Crippen LogP contribution >= 0.6 is 0 Å². The van der Waals surface area contributed by atoms with Crippen molar-refractivity contribution in [1.29, 1.82) is 0 Å². The van der Waals surface area contributed by atoms with Crippen LogP contribution in [0.3, 0.4) is 0 Å². The molecule has 94 valence electrons. The molecular weight excluding hydrogens is 210 g/mol. The van der Waals surface area contributed by atoms with Crippen molar-refractivity contribution in [3.63, 3.8) is 0 Å². The largest absolute Gasteiger partial charge is 0.481 e. The third-order valence-corrected chi connectivity index (χ3v) is 3.02. The molecule has 0 aromatic carbocycles. The number of carboxylic acid groups (broad SMARTS) is 1. The van der Waals surface area contributed by atoms with Gasteiger partial charge < -0.3 is 19.5 Å². The van der Waals surface area contributed by atoms with Gasteiger partial charge in [-0.2, -0.15) is 0 Å². The summed E-state index contributed by atoms with van der Waals surface area (Å²) in [5, 5.41) is 8.63. The van der Waals surface area contributed by atoms with Crippen LogP contribution in [0.1, 0.15) is 26.2 Å². The van der Waals surface area contributed by atoms with E-state index < -0.39 is 5.97 Å². The van der Waals surface area contributed by atoms with Crippen LogP contribution in [0.4, 0.5) is 0 Å². The number of hydrogen-bond donors (Lipinski definition) is 1. The molecule has 0 aromatic heterocycles. The lowest BCUT2D eigenvalue weighted by atomic mass is 10.0. The Balaban J connectivity index is 2.41. The van der Waals surface area contributed by atoms with Crippen molar-refractivity contribution >= 4 is 5.97 Å². The SMILES string of the molecule is CO[C@H]1C[C@@H](N(C)CCC(=O)O)C[C@@H](C)O1. The van der Waals surface area contributed by atoms with Gasteiger partial charge in [-0.25, -0.2) is 0 Å². The van der Waals surface area contributed by atoms with E-state index in [-0.39, 0.29) is 18.8 Å². The molecule has 0 aliphatic carbocycles. The highest BCUT2D eigenvalue weighted by molar-refractivity contribution is 5.66. The summed E-state index contributed by atoms with van der Waals surface area (Å²) in [6, 6.07) is 0.341. The van der Waals surface area contributed by atoms with Crippen molar-refractivity contribution in [2.45, 2.75) is 44.6 Å². The summed E-state index contributed by atoms with van der Waals surface area (Å²) in [5.41, 5.74) is 0. The molecule has 1 aliphatic rings. The average Bonchev–Trinajstić information content (AvgIpc) is 2.24. The van der Waals surface area contributed by atoms with Crippen LogP contribution in [0.15, 0.2) is 0 Å². The number of nitrogens with zero attached hydrogens (tertiary/aromatic N) is 1. The average molecular weight is 231 g/mol. The van der Waals surface area contributed by atoms with E-state index in [2.05, 4.69) is 4.90 Å². The number of aliphatic carboxylic acids is 1. The fourth-order valence-corrected chi connectivity index (χ4v) is 2.04. The van der Waals surface area contributed by atoms with Crippen molar-refractivity contribution in [3.8, 4) is 0 Å². The summed E-state index contributed by atoms with van der Waals surface area (Å²) in [4.78, 5) is 12.6. The topological polar surface area (TPSA) is 59.0 Å². The summed E-state index contributed by atoms with van der Waals surface area (Å²) in [6.07, 6.45) is 1.91. The summed E-state index contributed by atoms with van der Waals surface area (Å²) in [6.45, 7) is 2.59. The number of ether oxygens (including phenoxy) is 2. The minimum absolute atomic E-state index is 0.163. The van der Waals surface area contributed by atoms with Crippen LogP contribution in [0.25, 0.3) is 0 Å². The Bertz CT molecular complexity index is 234. The van der Waals surface area contributed by atoms with E-state index in [9.17, 15) is 4.79 Å². The predicted octanol–water partition coefficient (Wildman–Crippen LogP) is 0.933. The maximum Gasteiger partial charge on any atom is 0.304 e. The Labute approximate surface area is 96.3 Å². The van der Waals surface area contributed by atoms with E-state index in [1.807, 2.05) is 14.0 Å². The number of carbonyl (C=O) groups is 1. The zero-order valence-corrected chi connectivity index (χ0v) is 10.2. The molecule has 0 saturated carbocycles. The summed E-state index contributed by atoms with van der Waals surface area (Å²) < 4.78 is 10.8. The molecule has 1 fully saturated rings. The zero-order chi connectivity index (χ0) is 12.1. The second kappa shape index (κ2) is 6.18. The Morgan fingerprint density at radius 3 is 2.81 bits per heavy atom. The second-order valence-electron chi connectivity index (χ2n) is 4.36. The van der Waals surface area contributed by atoms with Gasteiger partial charge in [0.15, 0.2) is 6.29 Å². The Morgan fingerprint density at radius 1 is 1.56 bits per heavy atom. The highest BCUT2D eigenvalue weighted by atomic mass is 16.7. The quantitative estimate of drug-likeness (QED) is 0.763. The van der Waals surface area contributed by atoms with Crippen LogP contribution in [-0.2, 0) is 14.3 Å². The van der Waals surface area contributed by atoms with Crippen LogP contribution < -0.4 is 0 Å². The van der Waals surface area contributed by atoms with Crippen molar-refractivity contribution in [2.24, 2.45) is 0 Å². The van der Waals surface area contributed by atoms with E-state index in [1.165, 1.54) is 0 Å². The number of rotatable bonds is 5. The van der Waals surface area contributed by atoms with Crippen LogP contribution in [0.5, 0.6) is 0 Å². The third-order valence-electron chi connectivity index (χ3n) is 3.02. The Hall–Kier alpha value is -0.650. The molecule has 16 heavy (non-hydrogen) atoms. The van der Waals surface area contributed by atoms with Gasteiger partial charge in [0.05, 0.1) is 12.5 Å². The van der Waals surface area contributed by atoms with E-state index >= 15 is 0 Å². The molecule has 5 nitrogen and oxygen atoms in total. The lowest BCUT2D eigenvalue weighted by molar-refractivity contribution is -0.189.